The van der Waals surface area contributed by atoms with E-state index in [1.54, 1.807) is 0 Å². The molecule has 1 aliphatic heterocycles. The fourth-order valence-corrected chi connectivity index (χ4v) is 2.44. The molecule has 1 heterocycles. The zero-order valence-corrected chi connectivity index (χ0v) is 11.6. The lowest BCUT2D eigenvalue weighted by Crippen LogP contribution is -2.48. The lowest BCUT2D eigenvalue weighted by atomic mass is 9.99. The van der Waals surface area contributed by atoms with Crippen LogP contribution in [-0.4, -0.2) is 62.9 Å². The van der Waals surface area contributed by atoms with Crippen molar-refractivity contribution in [2.75, 3.05) is 32.4 Å². The number of carbonyl (C=O) groups excluding carboxylic acids is 1. The fraction of sp³-hybridized carbons (Fsp3) is 0.800. The van der Waals surface area contributed by atoms with E-state index in [0.717, 1.165) is 0 Å². The van der Waals surface area contributed by atoms with Gasteiger partial charge >= 0.3 is 12.0 Å². The molecule has 0 unspecified atom stereocenters. The van der Waals surface area contributed by atoms with Crippen molar-refractivity contribution < 1.29 is 23.1 Å². The molecule has 1 rings (SSSR count). The summed E-state index contributed by atoms with van der Waals surface area (Å²) in [6.45, 7) is 0.657. The molecule has 8 nitrogen and oxygen atoms in total. The van der Waals surface area contributed by atoms with E-state index in [9.17, 15) is 18.0 Å². The summed E-state index contributed by atoms with van der Waals surface area (Å²) in [5, 5.41) is 11.4. The molecule has 19 heavy (non-hydrogen) atoms. The molecule has 0 aromatic carbocycles. The molecular formula is C10H19N3O5S. The summed E-state index contributed by atoms with van der Waals surface area (Å²) in [5.74, 6) is -1.65. The van der Waals surface area contributed by atoms with Crippen molar-refractivity contribution in [1.29, 1.82) is 0 Å². The molecule has 0 saturated carbocycles. The first kappa shape index (κ1) is 15.7. The Labute approximate surface area is 112 Å². The number of nitrogens with zero attached hydrogens (tertiary/aromatic N) is 1. The van der Waals surface area contributed by atoms with E-state index >= 15 is 0 Å². The molecule has 1 aliphatic rings. The van der Waals surface area contributed by atoms with Gasteiger partial charge in [0.05, 0.1) is 11.7 Å². The van der Waals surface area contributed by atoms with Crippen LogP contribution in [0.25, 0.3) is 0 Å². The number of likely N-dealkylation sites (tertiary alicyclic amines) is 1. The van der Waals surface area contributed by atoms with Crippen LogP contribution in [0.2, 0.25) is 0 Å². The number of amides is 2. The first-order valence-corrected chi connectivity index (χ1v) is 7.68. The van der Waals surface area contributed by atoms with Gasteiger partial charge in [0, 0.05) is 19.6 Å². The molecule has 1 atom stereocenters. The highest BCUT2D eigenvalue weighted by atomic mass is 32.2. The highest BCUT2D eigenvalue weighted by Crippen LogP contribution is 2.16. The van der Waals surface area contributed by atoms with E-state index in [1.165, 1.54) is 11.9 Å². The Morgan fingerprint density at radius 2 is 2.11 bits per heavy atom. The molecule has 0 aromatic heterocycles. The van der Waals surface area contributed by atoms with E-state index in [-0.39, 0.29) is 18.8 Å². The predicted molar refractivity (Wildman–Crippen MR) is 68.2 cm³/mol. The maximum absolute atomic E-state index is 11.7. The third-order valence-electron chi connectivity index (χ3n) is 3.02. The zero-order chi connectivity index (χ0) is 14.5. The molecule has 2 amide bonds. The van der Waals surface area contributed by atoms with Gasteiger partial charge in [0.2, 0.25) is 10.0 Å². The van der Waals surface area contributed by atoms with Crippen LogP contribution in [0, 0.1) is 5.92 Å². The standard InChI is InChI=1S/C10H19N3O5S/c1-11-19(17,18)6-4-12-10(16)13-5-2-3-8(7-13)9(14)15/h8,11H,2-7H2,1H3,(H,12,16)(H,14,15)/t8-/m0/s1. The van der Waals surface area contributed by atoms with Crippen LogP contribution in [0.15, 0.2) is 0 Å². The molecular weight excluding hydrogens is 274 g/mol. The first-order chi connectivity index (χ1) is 8.85. The third-order valence-corrected chi connectivity index (χ3v) is 4.38. The van der Waals surface area contributed by atoms with Gasteiger partial charge in [-0.1, -0.05) is 0 Å². The number of carboxylic acid groups (broad SMARTS) is 1. The lowest BCUT2D eigenvalue weighted by molar-refractivity contribution is -0.143. The Balaban J connectivity index is 2.39. The van der Waals surface area contributed by atoms with Crippen LogP contribution in [0.3, 0.4) is 0 Å². The summed E-state index contributed by atoms with van der Waals surface area (Å²) < 4.78 is 24.4. The van der Waals surface area contributed by atoms with E-state index in [2.05, 4.69) is 10.0 Å². The number of urea groups is 1. The topological polar surface area (TPSA) is 116 Å². The van der Waals surface area contributed by atoms with E-state index in [0.29, 0.717) is 19.4 Å². The highest BCUT2D eigenvalue weighted by Gasteiger charge is 2.27. The van der Waals surface area contributed by atoms with E-state index in [4.69, 9.17) is 5.11 Å². The Morgan fingerprint density at radius 1 is 1.42 bits per heavy atom. The Kier molecular flexibility index (Phi) is 5.55. The molecule has 110 valence electrons. The number of rotatable bonds is 5. The number of hydrogen-bond acceptors (Lipinski definition) is 4. The van der Waals surface area contributed by atoms with Gasteiger partial charge in [0.25, 0.3) is 0 Å². The molecule has 9 heteroatoms. The minimum atomic E-state index is -3.35. The summed E-state index contributed by atoms with van der Waals surface area (Å²) in [6.07, 6.45) is 1.20. The van der Waals surface area contributed by atoms with Gasteiger partial charge in [-0.2, -0.15) is 0 Å². The summed E-state index contributed by atoms with van der Waals surface area (Å²) >= 11 is 0. The maximum Gasteiger partial charge on any atom is 0.317 e. The van der Waals surface area contributed by atoms with Crippen molar-refractivity contribution in [3.05, 3.63) is 0 Å². The number of hydrogen-bond donors (Lipinski definition) is 3. The van der Waals surface area contributed by atoms with Crippen molar-refractivity contribution in [1.82, 2.24) is 14.9 Å². The van der Waals surface area contributed by atoms with E-state index in [1.807, 2.05) is 0 Å². The normalized spacial score (nSPS) is 20.1. The largest absolute Gasteiger partial charge is 0.481 e. The molecule has 1 saturated heterocycles. The smallest absolute Gasteiger partial charge is 0.317 e. The van der Waals surface area contributed by atoms with Gasteiger partial charge in [-0.15, -0.1) is 0 Å². The third kappa shape index (κ3) is 5.03. The molecule has 0 radical (unpaired) electrons. The fourth-order valence-electron chi connectivity index (χ4n) is 1.87. The second-order valence-electron chi connectivity index (χ2n) is 4.38. The second-order valence-corrected chi connectivity index (χ2v) is 6.42. The summed E-state index contributed by atoms with van der Waals surface area (Å²) in [7, 11) is -2.04. The predicted octanol–water partition coefficient (Wildman–Crippen LogP) is -0.958. The Morgan fingerprint density at radius 3 is 2.68 bits per heavy atom. The zero-order valence-electron chi connectivity index (χ0n) is 10.8. The van der Waals surface area contributed by atoms with Crippen molar-refractivity contribution >= 4 is 22.0 Å². The Hall–Kier alpha value is -1.35. The molecule has 0 aliphatic carbocycles. The molecule has 0 spiro atoms. The van der Waals surface area contributed by atoms with Gasteiger partial charge in [-0.05, 0) is 19.9 Å². The van der Waals surface area contributed by atoms with Gasteiger partial charge in [-0.3, -0.25) is 4.79 Å². The van der Waals surface area contributed by atoms with E-state index < -0.39 is 27.9 Å². The van der Waals surface area contributed by atoms with Crippen LogP contribution in [-0.2, 0) is 14.8 Å². The Bertz CT molecular complexity index is 436. The van der Waals surface area contributed by atoms with Gasteiger partial charge < -0.3 is 15.3 Å². The number of piperidine rings is 1. The van der Waals surface area contributed by atoms with Crippen LogP contribution < -0.4 is 10.0 Å². The monoisotopic (exact) mass is 293 g/mol. The minimum absolute atomic E-state index is 0.00373. The average molecular weight is 293 g/mol. The average Bonchev–Trinajstić information content (AvgIpc) is 2.38. The van der Waals surface area contributed by atoms with Crippen LogP contribution in [0.5, 0.6) is 0 Å². The summed E-state index contributed by atoms with van der Waals surface area (Å²) in [4.78, 5) is 24.0. The number of sulfonamides is 1. The quantitative estimate of drug-likeness (QED) is 0.604. The maximum atomic E-state index is 11.7. The van der Waals surface area contributed by atoms with Crippen molar-refractivity contribution in [3.63, 3.8) is 0 Å². The minimum Gasteiger partial charge on any atom is -0.481 e. The molecule has 3 N–H and O–H groups in total. The van der Waals surface area contributed by atoms with Gasteiger partial charge in [0.15, 0.2) is 0 Å². The summed E-state index contributed by atoms with van der Waals surface area (Å²) in [5.41, 5.74) is 0. The molecule has 1 fully saturated rings. The number of carbonyl (C=O) groups is 2. The van der Waals surface area contributed by atoms with Gasteiger partial charge in [0.1, 0.15) is 0 Å². The van der Waals surface area contributed by atoms with Crippen LogP contribution >= 0.6 is 0 Å². The summed E-state index contributed by atoms with van der Waals surface area (Å²) in [6, 6.07) is -0.419. The van der Waals surface area contributed by atoms with Crippen molar-refractivity contribution in [3.8, 4) is 0 Å². The number of nitrogens with one attached hydrogen (secondary N) is 2. The SMILES string of the molecule is CNS(=O)(=O)CCNC(=O)N1CCC[C@H](C(=O)O)C1. The van der Waals surface area contributed by atoms with Gasteiger partial charge in [-0.25, -0.2) is 17.9 Å². The van der Waals surface area contributed by atoms with Crippen LogP contribution in [0.1, 0.15) is 12.8 Å². The van der Waals surface area contributed by atoms with Crippen LogP contribution in [0.4, 0.5) is 4.79 Å². The lowest BCUT2D eigenvalue weighted by Gasteiger charge is -2.30. The second kappa shape index (κ2) is 6.71. The number of aliphatic carboxylic acids is 1. The molecule has 0 bridgehead atoms. The van der Waals surface area contributed by atoms with Crippen molar-refractivity contribution in [2.24, 2.45) is 5.92 Å². The number of carboxylic acids is 1. The van der Waals surface area contributed by atoms with Crippen molar-refractivity contribution in [2.45, 2.75) is 12.8 Å². The highest BCUT2D eigenvalue weighted by molar-refractivity contribution is 7.89. The first-order valence-electron chi connectivity index (χ1n) is 6.02. The molecule has 0 aromatic rings.